The third kappa shape index (κ3) is 3.80. The third-order valence-electron chi connectivity index (χ3n) is 2.11. The van der Waals surface area contributed by atoms with E-state index in [4.69, 9.17) is 10.9 Å². The maximum absolute atomic E-state index is 13.2. The van der Waals surface area contributed by atoms with Gasteiger partial charge < -0.3 is 10.9 Å². The highest BCUT2D eigenvalue weighted by Crippen LogP contribution is 2.32. The Kier molecular flexibility index (Phi) is 4.83. The SMILES string of the molecule is N/C(=N/O)C(CSc1ccccc1F)C(F)(F)F. The van der Waals surface area contributed by atoms with E-state index in [2.05, 4.69) is 5.16 Å². The second-order valence-corrected chi connectivity index (χ2v) is 4.42. The van der Waals surface area contributed by atoms with Crippen LogP contribution in [0.3, 0.4) is 0 Å². The van der Waals surface area contributed by atoms with Gasteiger partial charge in [0.05, 0.1) is 0 Å². The smallest absolute Gasteiger partial charge is 0.399 e. The number of alkyl halides is 3. The van der Waals surface area contributed by atoms with Crippen molar-refractivity contribution in [3.63, 3.8) is 0 Å². The van der Waals surface area contributed by atoms with Gasteiger partial charge in [0.15, 0.2) is 5.84 Å². The van der Waals surface area contributed by atoms with Gasteiger partial charge in [0.1, 0.15) is 11.7 Å². The summed E-state index contributed by atoms with van der Waals surface area (Å²) in [6.45, 7) is 0. The molecule has 0 aliphatic heterocycles. The van der Waals surface area contributed by atoms with Gasteiger partial charge in [-0.1, -0.05) is 17.3 Å². The molecule has 8 heteroatoms. The van der Waals surface area contributed by atoms with Crippen LogP contribution in [0, 0.1) is 11.7 Å². The van der Waals surface area contributed by atoms with E-state index in [1.54, 1.807) is 0 Å². The fraction of sp³-hybridized carbons (Fsp3) is 0.300. The summed E-state index contributed by atoms with van der Waals surface area (Å²) < 4.78 is 51.0. The zero-order valence-corrected chi connectivity index (χ0v) is 9.80. The Morgan fingerprint density at radius 2 is 2.00 bits per heavy atom. The molecule has 3 N–H and O–H groups in total. The van der Waals surface area contributed by atoms with Crippen LogP contribution in [0.2, 0.25) is 0 Å². The molecule has 1 rings (SSSR count). The van der Waals surface area contributed by atoms with E-state index in [1.165, 1.54) is 18.2 Å². The molecular weight excluding hydrogens is 272 g/mol. The molecular formula is C10H10F4N2OS. The molecule has 0 saturated carbocycles. The van der Waals surface area contributed by atoms with Crippen molar-refractivity contribution in [3.05, 3.63) is 30.1 Å². The largest absolute Gasteiger partial charge is 0.409 e. The molecule has 0 radical (unpaired) electrons. The van der Waals surface area contributed by atoms with Crippen molar-refractivity contribution < 1.29 is 22.8 Å². The fourth-order valence-corrected chi connectivity index (χ4v) is 2.24. The van der Waals surface area contributed by atoms with E-state index >= 15 is 0 Å². The molecule has 0 aromatic heterocycles. The summed E-state index contributed by atoms with van der Waals surface area (Å²) in [4.78, 5) is 0.0810. The Morgan fingerprint density at radius 1 is 1.39 bits per heavy atom. The van der Waals surface area contributed by atoms with Crippen LogP contribution in [0.15, 0.2) is 34.3 Å². The van der Waals surface area contributed by atoms with Crippen molar-refractivity contribution in [1.82, 2.24) is 0 Å². The first-order valence-electron chi connectivity index (χ1n) is 4.77. The number of oxime groups is 1. The minimum absolute atomic E-state index is 0.0810. The molecule has 0 aliphatic carbocycles. The number of amidine groups is 1. The van der Waals surface area contributed by atoms with Gasteiger partial charge in [0.25, 0.3) is 0 Å². The van der Waals surface area contributed by atoms with Crippen LogP contribution in [0.5, 0.6) is 0 Å². The average molecular weight is 282 g/mol. The number of nitrogens with two attached hydrogens (primary N) is 1. The van der Waals surface area contributed by atoms with Crippen LogP contribution in [-0.2, 0) is 0 Å². The predicted octanol–water partition coefficient (Wildman–Crippen LogP) is 2.84. The molecule has 0 spiro atoms. The normalized spacial score (nSPS) is 14.6. The van der Waals surface area contributed by atoms with Crippen molar-refractivity contribution in [1.29, 1.82) is 0 Å². The van der Waals surface area contributed by atoms with Crippen LogP contribution in [-0.4, -0.2) is 23.0 Å². The van der Waals surface area contributed by atoms with E-state index in [1.807, 2.05) is 0 Å². The zero-order valence-electron chi connectivity index (χ0n) is 8.99. The van der Waals surface area contributed by atoms with E-state index < -0.39 is 29.5 Å². The number of hydrogen-bond donors (Lipinski definition) is 2. The van der Waals surface area contributed by atoms with Crippen LogP contribution in [0.25, 0.3) is 0 Å². The summed E-state index contributed by atoms with van der Waals surface area (Å²) in [7, 11) is 0. The van der Waals surface area contributed by atoms with Gasteiger partial charge in [-0.25, -0.2) is 4.39 Å². The number of benzene rings is 1. The molecule has 0 fully saturated rings. The Balaban J connectivity index is 2.78. The topological polar surface area (TPSA) is 58.6 Å². The Bertz CT molecular complexity index is 436. The first kappa shape index (κ1) is 14.6. The number of hydrogen-bond acceptors (Lipinski definition) is 3. The van der Waals surface area contributed by atoms with Crippen molar-refractivity contribution in [2.75, 3.05) is 5.75 Å². The molecule has 100 valence electrons. The predicted molar refractivity (Wildman–Crippen MR) is 60.1 cm³/mol. The van der Waals surface area contributed by atoms with Gasteiger partial charge in [-0.05, 0) is 12.1 Å². The molecule has 0 heterocycles. The summed E-state index contributed by atoms with van der Waals surface area (Å²) in [5.41, 5.74) is 4.98. The van der Waals surface area contributed by atoms with Gasteiger partial charge in [-0.15, -0.1) is 11.8 Å². The number of thioether (sulfide) groups is 1. The number of nitrogens with zero attached hydrogens (tertiary/aromatic N) is 1. The summed E-state index contributed by atoms with van der Waals surface area (Å²) >= 11 is 0.659. The van der Waals surface area contributed by atoms with Gasteiger partial charge in [0.2, 0.25) is 0 Å². The van der Waals surface area contributed by atoms with Gasteiger partial charge in [-0.3, -0.25) is 0 Å². The standard InChI is InChI=1S/C10H10F4N2OS/c11-7-3-1-2-4-8(7)18-5-6(9(15)16-17)10(12,13)14/h1-4,6,17H,5H2,(H2,15,16). The van der Waals surface area contributed by atoms with Crippen LogP contribution in [0.1, 0.15) is 0 Å². The summed E-state index contributed by atoms with van der Waals surface area (Å²) in [6, 6.07) is 5.45. The molecule has 3 nitrogen and oxygen atoms in total. The second kappa shape index (κ2) is 5.94. The van der Waals surface area contributed by atoms with Gasteiger partial charge in [0, 0.05) is 10.6 Å². The molecule has 0 saturated heterocycles. The molecule has 18 heavy (non-hydrogen) atoms. The van der Waals surface area contributed by atoms with Gasteiger partial charge in [-0.2, -0.15) is 13.2 Å². The third-order valence-corrected chi connectivity index (χ3v) is 3.25. The van der Waals surface area contributed by atoms with E-state index in [0.717, 1.165) is 6.07 Å². The van der Waals surface area contributed by atoms with E-state index in [9.17, 15) is 17.6 Å². The maximum Gasteiger partial charge on any atom is 0.399 e. The lowest BCUT2D eigenvalue weighted by Crippen LogP contribution is -2.37. The first-order chi connectivity index (χ1) is 8.36. The maximum atomic E-state index is 13.2. The second-order valence-electron chi connectivity index (χ2n) is 3.36. The molecule has 0 aliphatic rings. The highest BCUT2D eigenvalue weighted by atomic mass is 32.2. The number of rotatable bonds is 4. The lowest BCUT2D eigenvalue weighted by Gasteiger charge is -2.18. The monoisotopic (exact) mass is 282 g/mol. The van der Waals surface area contributed by atoms with Crippen molar-refractivity contribution in [3.8, 4) is 0 Å². The average Bonchev–Trinajstić information content (AvgIpc) is 2.29. The minimum Gasteiger partial charge on any atom is -0.409 e. The molecule has 1 aromatic carbocycles. The fourth-order valence-electron chi connectivity index (χ4n) is 1.15. The highest BCUT2D eigenvalue weighted by molar-refractivity contribution is 7.99. The van der Waals surface area contributed by atoms with Crippen LogP contribution >= 0.6 is 11.8 Å². The molecule has 1 atom stereocenters. The van der Waals surface area contributed by atoms with Crippen molar-refractivity contribution in [2.45, 2.75) is 11.1 Å². The first-order valence-corrected chi connectivity index (χ1v) is 5.76. The zero-order chi connectivity index (χ0) is 13.8. The van der Waals surface area contributed by atoms with Crippen LogP contribution in [0.4, 0.5) is 17.6 Å². The van der Waals surface area contributed by atoms with Crippen molar-refractivity contribution >= 4 is 17.6 Å². The Labute approximate surface area is 105 Å². The van der Waals surface area contributed by atoms with Gasteiger partial charge >= 0.3 is 6.18 Å². The molecule has 1 unspecified atom stereocenters. The molecule has 0 amide bonds. The summed E-state index contributed by atoms with van der Waals surface area (Å²) in [5, 5.41) is 10.7. The number of halogens is 4. The summed E-state index contributed by atoms with van der Waals surface area (Å²) in [6.07, 6.45) is -4.64. The molecule has 0 bridgehead atoms. The van der Waals surface area contributed by atoms with Crippen molar-refractivity contribution in [2.24, 2.45) is 16.8 Å². The highest BCUT2D eigenvalue weighted by Gasteiger charge is 2.42. The molecule has 1 aromatic rings. The lowest BCUT2D eigenvalue weighted by atomic mass is 10.1. The summed E-state index contributed by atoms with van der Waals surface area (Å²) in [5.74, 6) is -4.22. The lowest BCUT2D eigenvalue weighted by molar-refractivity contribution is -0.150. The Hall–Kier alpha value is -1.44. The quantitative estimate of drug-likeness (QED) is 0.223. The van der Waals surface area contributed by atoms with E-state index in [0.29, 0.717) is 11.8 Å². The Morgan fingerprint density at radius 3 is 2.50 bits per heavy atom. The van der Waals surface area contributed by atoms with Crippen LogP contribution < -0.4 is 5.73 Å². The van der Waals surface area contributed by atoms with E-state index in [-0.39, 0.29) is 4.90 Å². The minimum atomic E-state index is -4.64.